The largest absolute Gasteiger partial charge is 0.333 e. The molecule has 0 aliphatic carbocycles. The van der Waals surface area contributed by atoms with Crippen molar-refractivity contribution in [2.45, 2.75) is 10.8 Å². The van der Waals surface area contributed by atoms with Gasteiger partial charge in [-0.1, -0.05) is 41.2 Å². The van der Waals surface area contributed by atoms with Crippen LogP contribution < -0.4 is 0 Å². The molecule has 0 saturated heterocycles. The molecule has 0 radical (unpaired) electrons. The summed E-state index contributed by atoms with van der Waals surface area (Å²) in [5.74, 6) is 1.73. The van der Waals surface area contributed by atoms with E-state index >= 15 is 0 Å². The molecule has 0 bridgehead atoms. The highest BCUT2D eigenvalue weighted by Gasteiger charge is 2.14. The van der Waals surface area contributed by atoms with E-state index in [0.717, 1.165) is 26.6 Å². The minimum Gasteiger partial charge on any atom is -0.333 e. The van der Waals surface area contributed by atoms with Gasteiger partial charge in [-0.25, -0.2) is 14.6 Å². The Kier molecular flexibility index (Phi) is 4.15. The quantitative estimate of drug-likeness (QED) is 0.327. The van der Waals surface area contributed by atoms with Gasteiger partial charge in [-0.2, -0.15) is 10.1 Å². The van der Waals surface area contributed by atoms with Crippen molar-refractivity contribution in [2.24, 2.45) is 0 Å². The number of hydrogen-bond donors (Lipinski definition) is 0. The monoisotopic (exact) mass is 392 g/mol. The number of fused-ring (bicyclic) bond motifs is 1. The van der Waals surface area contributed by atoms with Crippen LogP contribution in [0.15, 0.2) is 69.9 Å². The molecule has 1 aromatic carbocycles. The van der Waals surface area contributed by atoms with Gasteiger partial charge in [0, 0.05) is 0 Å². The van der Waals surface area contributed by atoms with E-state index in [2.05, 4.69) is 25.2 Å². The fraction of sp³-hybridized carbons (Fsp3) is 0.0556. The number of benzene rings is 1. The van der Waals surface area contributed by atoms with Gasteiger partial charge in [-0.05, 0) is 23.6 Å². The van der Waals surface area contributed by atoms with Crippen LogP contribution >= 0.6 is 23.1 Å². The molecule has 0 atom stereocenters. The Morgan fingerprint density at radius 1 is 1.07 bits per heavy atom. The van der Waals surface area contributed by atoms with E-state index in [0.29, 0.717) is 17.5 Å². The Morgan fingerprint density at radius 2 is 2.00 bits per heavy atom. The van der Waals surface area contributed by atoms with Gasteiger partial charge in [0.1, 0.15) is 11.4 Å². The molecule has 0 aliphatic heterocycles. The fourth-order valence-corrected chi connectivity index (χ4v) is 4.09. The summed E-state index contributed by atoms with van der Waals surface area (Å²) >= 11 is 3.11. The minimum atomic E-state index is 0.547. The lowest BCUT2D eigenvalue weighted by Gasteiger charge is -2.03. The molecule has 4 heterocycles. The van der Waals surface area contributed by atoms with E-state index in [1.54, 1.807) is 23.9 Å². The van der Waals surface area contributed by atoms with Gasteiger partial charge in [0.05, 0.1) is 27.9 Å². The summed E-state index contributed by atoms with van der Waals surface area (Å²) in [6, 6.07) is 13.8. The van der Waals surface area contributed by atoms with E-state index in [-0.39, 0.29) is 0 Å². The SMILES string of the molecule is c1ccc(-n2ncc3c(SCc4noc(-c5cccs5)n4)ncnc32)cc1. The standard InChI is InChI=1S/C18H12N6OS2/c1-2-5-12(6-3-1)24-16-13(9-21-24)18(20-11-19-16)27-10-15-22-17(25-23-15)14-7-4-8-26-14/h1-9,11H,10H2. The van der Waals surface area contributed by atoms with Crippen molar-refractivity contribution in [2.75, 3.05) is 0 Å². The zero-order chi connectivity index (χ0) is 18.1. The van der Waals surface area contributed by atoms with Gasteiger partial charge in [0.2, 0.25) is 0 Å². The smallest absolute Gasteiger partial charge is 0.268 e. The van der Waals surface area contributed by atoms with Gasteiger partial charge in [-0.15, -0.1) is 11.3 Å². The van der Waals surface area contributed by atoms with Crippen molar-refractivity contribution in [1.82, 2.24) is 29.9 Å². The van der Waals surface area contributed by atoms with Crippen LogP contribution in [0.1, 0.15) is 5.82 Å². The lowest BCUT2D eigenvalue weighted by atomic mass is 10.3. The maximum Gasteiger partial charge on any atom is 0.268 e. The van der Waals surface area contributed by atoms with Gasteiger partial charge in [-0.3, -0.25) is 0 Å². The number of hydrogen-bond acceptors (Lipinski definition) is 8. The van der Waals surface area contributed by atoms with Gasteiger partial charge >= 0.3 is 0 Å². The predicted octanol–water partition coefficient (Wildman–Crippen LogP) is 4.22. The van der Waals surface area contributed by atoms with Crippen LogP contribution in [0.2, 0.25) is 0 Å². The highest BCUT2D eigenvalue weighted by atomic mass is 32.2. The fourth-order valence-electron chi connectivity index (χ4n) is 2.64. The second kappa shape index (κ2) is 6.93. The molecule has 132 valence electrons. The molecule has 5 rings (SSSR count). The van der Waals surface area contributed by atoms with Crippen molar-refractivity contribution in [3.63, 3.8) is 0 Å². The third kappa shape index (κ3) is 3.11. The van der Waals surface area contributed by atoms with E-state index < -0.39 is 0 Å². The normalized spacial score (nSPS) is 11.3. The van der Waals surface area contributed by atoms with Crippen LogP contribution in [-0.2, 0) is 5.75 Å². The number of thioether (sulfide) groups is 1. The molecule has 0 amide bonds. The maximum atomic E-state index is 5.33. The average molecular weight is 392 g/mol. The van der Waals surface area contributed by atoms with Crippen LogP contribution in [0, 0.1) is 0 Å². The lowest BCUT2D eigenvalue weighted by Crippen LogP contribution is -1.97. The van der Waals surface area contributed by atoms with Crippen LogP contribution in [-0.4, -0.2) is 29.9 Å². The van der Waals surface area contributed by atoms with Crippen molar-refractivity contribution in [3.8, 4) is 16.5 Å². The van der Waals surface area contributed by atoms with Crippen molar-refractivity contribution >= 4 is 34.1 Å². The molecular formula is C18H12N6OS2. The molecule has 0 unspecified atom stereocenters. The Labute approximate surface area is 162 Å². The molecule has 0 N–H and O–H groups in total. The molecular weight excluding hydrogens is 380 g/mol. The first-order valence-corrected chi connectivity index (χ1v) is 9.98. The molecule has 27 heavy (non-hydrogen) atoms. The Bertz CT molecular complexity index is 1180. The number of rotatable bonds is 5. The number of aromatic nitrogens is 6. The zero-order valence-electron chi connectivity index (χ0n) is 13.9. The summed E-state index contributed by atoms with van der Waals surface area (Å²) in [6.45, 7) is 0. The number of para-hydroxylation sites is 1. The van der Waals surface area contributed by atoms with E-state index in [4.69, 9.17) is 4.52 Å². The third-order valence-electron chi connectivity index (χ3n) is 3.87. The number of thiophene rings is 1. The second-order valence-corrected chi connectivity index (χ2v) is 7.50. The minimum absolute atomic E-state index is 0.547. The first kappa shape index (κ1) is 16.2. The maximum absolute atomic E-state index is 5.33. The van der Waals surface area contributed by atoms with Crippen molar-refractivity contribution < 1.29 is 4.52 Å². The van der Waals surface area contributed by atoms with Crippen molar-refractivity contribution in [1.29, 1.82) is 0 Å². The van der Waals surface area contributed by atoms with Gasteiger partial charge in [0.15, 0.2) is 11.5 Å². The Hall–Kier alpha value is -3.04. The van der Waals surface area contributed by atoms with Crippen molar-refractivity contribution in [3.05, 3.63) is 66.2 Å². The summed E-state index contributed by atoms with van der Waals surface area (Å²) in [7, 11) is 0. The van der Waals surface area contributed by atoms with Gasteiger partial charge < -0.3 is 4.52 Å². The topological polar surface area (TPSA) is 82.5 Å². The third-order valence-corrected chi connectivity index (χ3v) is 5.73. The van der Waals surface area contributed by atoms with Crippen LogP contribution in [0.25, 0.3) is 27.5 Å². The summed E-state index contributed by atoms with van der Waals surface area (Å²) in [5, 5.41) is 12.2. The highest BCUT2D eigenvalue weighted by molar-refractivity contribution is 7.98. The second-order valence-electron chi connectivity index (χ2n) is 5.59. The molecule has 0 spiro atoms. The average Bonchev–Trinajstić information content (AvgIpc) is 3.47. The molecule has 0 saturated carbocycles. The highest BCUT2D eigenvalue weighted by Crippen LogP contribution is 2.29. The first-order valence-electron chi connectivity index (χ1n) is 8.12. The van der Waals surface area contributed by atoms with E-state index in [1.165, 1.54) is 11.8 Å². The summed E-state index contributed by atoms with van der Waals surface area (Å²) < 4.78 is 7.14. The summed E-state index contributed by atoms with van der Waals surface area (Å²) in [4.78, 5) is 14.2. The predicted molar refractivity (Wildman–Crippen MR) is 104 cm³/mol. The summed E-state index contributed by atoms with van der Waals surface area (Å²) in [5.41, 5.74) is 1.73. The number of nitrogens with zero attached hydrogens (tertiary/aromatic N) is 6. The molecule has 4 aromatic heterocycles. The Balaban J connectivity index is 1.40. The molecule has 0 fully saturated rings. The van der Waals surface area contributed by atoms with Crippen LogP contribution in [0.3, 0.4) is 0 Å². The zero-order valence-corrected chi connectivity index (χ0v) is 15.5. The van der Waals surface area contributed by atoms with E-state index in [9.17, 15) is 0 Å². The van der Waals surface area contributed by atoms with E-state index in [1.807, 2.05) is 52.5 Å². The van der Waals surface area contributed by atoms with Crippen LogP contribution in [0.5, 0.6) is 0 Å². The molecule has 9 heteroatoms. The molecule has 5 aromatic rings. The van der Waals surface area contributed by atoms with Gasteiger partial charge in [0.25, 0.3) is 5.89 Å². The summed E-state index contributed by atoms with van der Waals surface area (Å²) in [6.07, 6.45) is 3.34. The molecule has 7 nitrogen and oxygen atoms in total. The van der Waals surface area contributed by atoms with Crippen LogP contribution in [0.4, 0.5) is 0 Å². The first-order chi connectivity index (χ1) is 13.4. The Morgan fingerprint density at radius 3 is 2.85 bits per heavy atom. The lowest BCUT2D eigenvalue weighted by molar-refractivity contribution is 0.426. The molecule has 0 aliphatic rings.